The van der Waals surface area contributed by atoms with Crippen molar-refractivity contribution in [2.24, 2.45) is 11.8 Å². The van der Waals surface area contributed by atoms with E-state index in [1.54, 1.807) is 23.9 Å². The van der Waals surface area contributed by atoms with Crippen molar-refractivity contribution in [3.8, 4) is 0 Å². The molecule has 0 spiro atoms. The highest BCUT2D eigenvalue weighted by Gasteiger charge is 2.27. The van der Waals surface area contributed by atoms with Gasteiger partial charge in [-0.05, 0) is 43.0 Å². The maximum absolute atomic E-state index is 13.0. The number of hydrogen-bond donors (Lipinski definition) is 0. The Kier molecular flexibility index (Phi) is 7.34. The van der Waals surface area contributed by atoms with Crippen LogP contribution in [0, 0.1) is 17.7 Å². The van der Waals surface area contributed by atoms with Crippen molar-refractivity contribution in [2.45, 2.75) is 24.7 Å². The molecule has 0 N–H and O–H groups in total. The summed E-state index contributed by atoms with van der Waals surface area (Å²) in [6, 6.07) is 6.48. The fourth-order valence-corrected chi connectivity index (χ4v) is 4.53. The average Bonchev–Trinajstić information content (AvgIpc) is 2.68. The first-order chi connectivity index (χ1) is 12.6. The van der Waals surface area contributed by atoms with E-state index in [0.29, 0.717) is 5.92 Å². The van der Waals surface area contributed by atoms with Crippen molar-refractivity contribution in [3.63, 3.8) is 0 Å². The molecule has 1 aromatic carbocycles. The van der Waals surface area contributed by atoms with Gasteiger partial charge in [0.1, 0.15) is 5.82 Å². The van der Waals surface area contributed by atoms with Gasteiger partial charge in [-0.15, -0.1) is 11.8 Å². The largest absolute Gasteiger partial charge is 0.379 e. The molecule has 0 aromatic heterocycles. The highest BCUT2D eigenvalue weighted by Crippen LogP contribution is 2.24. The summed E-state index contributed by atoms with van der Waals surface area (Å²) in [6.45, 7) is 8.66. The molecule has 1 atom stereocenters. The number of ether oxygens (including phenoxy) is 1. The predicted octanol–water partition coefficient (Wildman–Crippen LogP) is 3.12. The first kappa shape index (κ1) is 19.6. The Balaban J connectivity index is 1.38. The molecule has 3 rings (SSSR count). The average molecular weight is 381 g/mol. The fraction of sp³-hybridized carbons (Fsp3) is 0.650. The maximum atomic E-state index is 13.0. The van der Waals surface area contributed by atoms with Gasteiger partial charge in [0.05, 0.1) is 13.2 Å². The molecule has 0 bridgehead atoms. The third-order valence-corrected chi connectivity index (χ3v) is 6.55. The first-order valence-electron chi connectivity index (χ1n) is 9.59. The quantitative estimate of drug-likeness (QED) is 0.710. The molecule has 2 fully saturated rings. The Bertz CT molecular complexity index is 570. The highest BCUT2D eigenvalue weighted by atomic mass is 32.2. The Morgan fingerprint density at radius 2 is 1.85 bits per heavy atom. The van der Waals surface area contributed by atoms with Crippen molar-refractivity contribution in [1.29, 1.82) is 0 Å². The number of piperidine rings is 1. The lowest BCUT2D eigenvalue weighted by molar-refractivity contribution is -0.135. The molecular weight excluding hydrogens is 351 g/mol. The van der Waals surface area contributed by atoms with Gasteiger partial charge in [-0.25, -0.2) is 4.39 Å². The monoisotopic (exact) mass is 380 g/mol. The summed E-state index contributed by atoms with van der Waals surface area (Å²) in [7, 11) is 0. The Labute approximate surface area is 160 Å². The second-order valence-corrected chi connectivity index (χ2v) is 8.44. The summed E-state index contributed by atoms with van der Waals surface area (Å²) >= 11 is 1.62. The van der Waals surface area contributed by atoms with Crippen LogP contribution in [0.5, 0.6) is 0 Å². The van der Waals surface area contributed by atoms with Crippen LogP contribution < -0.4 is 0 Å². The summed E-state index contributed by atoms with van der Waals surface area (Å²) < 4.78 is 18.4. The minimum atomic E-state index is -0.224. The summed E-state index contributed by atoms with van der Waals surface area (Å²) in [5, 5.41) is 0. The van der Waals surface area contributed by atoms with Crippen LogP contribution in [0.4, 0.5) is 4.39 Å². The summed E-state index contributed by atoms with van der Waals surface area (Å²) in [6.07, 6.45) is 2.20. The van der Waals surface area contributed by atoms with Crippen LogP contribution in [0.25, 0.3) is 0 Å². The smallest absolute Gasteiger partial charge is 0.226 e. The van der Waals surface area contributed by atoms with E-state index in [2.05, 4.69) is 4.90 Å². The number of hydrogen-bond acceptors (Lipinski definition) is 4. The zero-order valence-corrected chi connectivity index (χ0v) is 16.3. The SMILES string of the molecule is CC(CSc1ccc(F)cc1)C(=O)N1CCC(CN2CCOCC2)CC1. The van der Waals surface area contributed by atoms with E-state index in [4.69, 9.17) is 4.74 Å². The lowest BCUT2D eigenvalue weighted by Crippen LogP contribution is -2.45. The molecule has 1 unspecified atom stereocenters. The summed E-state index contributed by atoms with van der Waals surface area (Å²) in [5.74, 6) is 1.45. The van der Waals surface area contributed by atoms with Crippen LogP contribution in [0.3, 0.4) is 0 Å². The number of thioether (sulfide) groups is 1. The molecule has 0 aliphatic carbocycles. The molecule has 2 saturated heterocycles. The number of benzene rings is 1. The van der Waals surface area contributed by atoms with E-state index in [1.807, 2.05) is 11.8 Å². The fourth-order valence-electron chi connectivity index (χ4n) is 3.62. The zero-order chi connectivity index (χ0) is 18.4. The van der Waals surface area contributed by atoms with E-state index in [0.717, 1.165) is 69.4 Å². The van der Waals surface area contributed by atoms with Crippen molar-refractivity contribution in [2.75, 3.05) is 51.7 Å². The van der Waals surface area contributed by atoms with E-state index >= 15 is 0 Å². The van der Waals surface area contributed by atoms with Crippen LogP contribution in [-0.4, -0.2) is 67.4 Å². The van der Waals surface area contributed by atoms with Crippen LogP contribution in [-0.2, 0) is 9.53 Å². The van der Waals surface area contributed by atoms with Gasteiger partial charge in [-0.3, -0.25) is 9.69 Å². The highest BCUT2D eigenvalue weighted by molar-refractivity contribution is 7.99. The molecule has 0 saturated carbocycles. The first-order valence-corrected chi connectivity index (χ1v) is 10.6. The number of morpholine rings is 1. The van der Waals surface area contributed by atoms with Gasteiger partial charge >= 0.3 is 0 Å². The van der Waals surface area contributed by atoms with Crippen LogP contribution in [0.2, 0.25) is 0 Å². The molecule has 144 valence electrons. The Morgan fingerprint density at radius 3 is 2.50 bits per heavy atom. The second-order valence-electron chi connectivity index (χ2n) is 7.35. The predicted molar refractivity (Wildman–Crippen MR) is 103 cm³/mol. The molecule has 0 radical (unpaired) electrons. The van der Waals surface area contributed by atoms with E-state index in [9.17, 15) is 9.18 Å². The van der Waals surface area contributed by atoms with Crippen molar-refractivity contribution in [1.82, 2.24) is 9.80 Å². The Hall–Kier alpha value is -1.11. The number of amides is 1. The molecule has 1 amide bonds. The van der Waals surface area contributed by atoms with Crippen molar-refractivity contribution in [3.05, 3.63) is 30.1 Å². The van der Waals surface area contributed by atoms with E-state index in [-0.39, 0.29) is 17.6 Å². The normalized spacial score (nSPS) is 20.9. The van der Waals surface area contributed by atoms with Gasteiger partial charge in [-0.2, -0.15) is 0 Å². The number of rotatable bonds is 6. The Morgan fingerprint density at radius 1 is 1.19 bits per heavy atom. The molecule has 2 heterocycles. The van der Waals surface area contributed by atoms with Gasteiger partial charge in [0.15, 0.2) is 0 Å². The van der Waals surface area contributed by atoms with E-state index < -0.39 is 0 Å². The number of likely N-dealkylation sites (tertiary alicyclic amines) is 1. The zero-order valence-electron chi connectivity index (χ0n) is 15.5. The number of halogens is 1. The van der Waals surface area contributed by atoms with Gasteiger partial charge in [0, 0.05) is 49.3 Å². The second kappa shape index (κ2) is 9.72. The molecular formula is C20H29FN2O2S. The molecule has 1 aromatic rings. The molecule has 2 aliphatic rings. The van der Waals surface area contributed by atoms with Gasteiger partial charge < -0.3 is 9.64 Å². The van der Waals surface area contributed by atoms with Crippen LogP contribution >= 0.6 is 11.8 Å². The van der Waals surface area contributed by atoms with Crippen molar-refractivity contribution >= 4 is 17.7 Å². The molecule has 6 heteroatoms. The number of carbonyl (C=O) groups excluding carboxylic acids is 1. The lowest BCUT2D eigenvalue weighted by atomic mass is 9.95. The van der Waals surface area contributed by atoms with Gasteiger partial charge in [-0.1, -0.05) is 6.92 Å². The third-order valence-electron chi connectivity index (χ3n) is 5.28. The van der Waals surface area contributed by atoms with Crippen LogP contribution in [0.15, 0.2) is 29.2 Å². The molecule has 4 nitrogen and oxygen atoms in total. The standard InChI is InChI=1S/C20H29FN2O2S/c1-16(15-26-19-4-2-18(21)3-5-19)20(24)23-8-6-17(7-9-23)14-22-10-12-25-13-11-22/h2-5,16-17H,6-15H2,1H3. The lowest BCUT2D eigenvalue weighted by Gasteiger charge is -2.36. The van der Waals surface area contributed by atoms with Crippen LogP contribution in [0.1, 0.15) is 19.8 Å². The molecule has 2 aliphatic heterocycles. The molecule has 26 heavy (non-hydrogen) atoms. The van der Waals surface area contributed by atoms with Gasteiger partial charge in [0.2, 0.25) is 5.91 Å². The van der Waals surface area contributed by atoms with Gasteiger partial charge in [0.25, 0.3) is 0 Å². The number of nitrogens with zero attached hydrogens (tertiary/aromatic N) is 2. The topological polar surface area (TPSA) is 32.8 Å². The third kappa shape index (κ3) is 5.69. The van der Waals surface area contributed by atoms with Crippen molar-refractivity contribution < 1.29 is 13.9 Å². The summed E-state index contributed by atoms with van der Waals surface area (Å²) in [5.41, 5.74) is 0. The maximum Gasteiger partial charge on any atom is 0.226 e. The van der Waals surface area contributed by atoms with E-state index in [1.165, 1.54) is 12.1 Å². The minimum absolute atomic E-state index is 0.0131. The minimum Gasteiger partial charge on any atom is -0.379 e. The number of carbonyl (C=O) groups is 1. The summed E-state index contributed by atoms with van der Waals surface area (Å²) in [4.78, 5) is 18.2.